The van der Waals surface area contributed by atoms with Crippen LogP contribution in [0.3, 0.4) is 0 Å². The molecule has 0 radical (unpaired) electrons. The number of rotatable bonds is 8. The van der Waals surface area contributed by atoms with Crippen LogP contribution in [-0.2, 0) is 14.3 Å². The van der Waals surface area contributed by atoms with Crippen LogP contribution < -0.4 is 10.1 Å². The zero-order chi connectivity index (χ0) is 14.1. The molecule has 6 heteroatoms. The number of methoxy groups -OCH3 is 1. The van der Waals surface area contributed by atoms with Crippen LogP contribution in [0.25, 0.3) is 0 Å². The Kier molecular flexibility index (Phi) is 6.38. The minimum absolute atomic E-state index is 0.0688. The monoisotopic (exact) mass is 267 g/mol. The van der Waals surface area contributed by atoms with Gasteiger partial charge in [-0.2, -0.15) is 0 Å². The molecule has 1 amide bonds. The topological polar surface area (TPSA) is 84.9 Å². The highest BCUT2D eigenvalue weighted by molar-refractivity contribution is 5.83. The Morgan fingerprint density at radius 2 is 2.00 bits per heavy atom. The molecule has 0 aliphatic heterocycles. The van der Waals surface area contributed by atoms with Crippen molar-refractivity contribution in [1.29, 1.82) is 0 Å². The van der Waals surface area contributed by atoms with Crippen molar-refractivity contribution in [2.45, 2.75) is 12.5 Å². The summed E-state index contributed by atoms with van der Waals surface area (Å²) in [6.45, 7) is 0.121. The van der Waals surface area contributed by atoms with Crippen LogP contribution in [0.1, 0.15) is 6.42 Å². The average Bonchev–Trinajstić information content (AvgIpc) is 2.39. The van der Waals surface area contributed by atoms with E-state index in [2.05, 4.69) is 5.32 Å². The van der Waals surface area contributed by atoms with E-state index in [-0.39, 0.29) is 25.5 Å². The van der Waals surface area contributed by atoms with E-state index in [4.69, 9.17) is 14.6 Å². The number of hydrogen-bond donors (Lipinski definition) is 2. The van der Waals surface area contributed by atoms with Gasteiger partial charge in [0.05, 0.1) is 19.6 Å². The predicted octanol–water partition coefficient (Wildman–Crippen LogP) is 0.671. The molecule has 104 valence electrons. The molecular formula is C13H17NO5. The summed E-state index contributed by atoms with van der Waals surface area (Å²) >= 11 is 0. The summed E-state index contributed by atoms with van der Waals surface area (Å²) in [7, 11) is 1.38. The number of para-hydroxylation sites is 1. The molecule has 0 saturated heterocycles. The van der Waals surface area contributed by atoms with Crippen LogP contribution >= 0.6 is 0 Å². The predicted molar refractivity (Wildman–Crippen MR) is 68.0 cm³/mol. The van der Waals surface area contributed by atoms with Crippen LogP contribution in [0.4, 0.5) is 0 Å². The first-order chi connectivity index (χ1) is 9.13. The molecule has 0 aliphatic rings. The highest BCUT2D eigenvalue weighted by Gasteiger charge is 2.19. The van der Waals surface area contributed by atoms with Crippen LogP contribution in [0, 0.1) is 0 Å². The van der Waals surface area contributed by atoms with Gasteiger partial charge in [-0.25, -0.2) is 4.79 Å². The second kappa shape index (κ2) is 8.10. The van der Waals surface area contributed by atoms with E-state index in [0.717, 1.165) is 0 Å². The van der Waals surface area contributed by atoms with Gasteiger partial charge in [-0.05, 0) is 12.1 Å². The molecule has 0 heterocycles. The van der Waals surface area contributed by atoms with Gasteiger partial charge in [-0.15, -0.1) is 0 Å². The van der Waals surface area contributed by atoms with Gasteiger partial charge < -0.3 is 19.9 Å². The van der Waals surface area contributed by atoms with E-state index in [1.165, 1.54) is 7.11 Å². The number of carboxylic acids is 1. The van der Waals surface area contributed by atoms with Crippen molar-refractivity contribution in [3.05, 3.63) is 30.3 Å². The lowest BCUT2D eigenvalue weighted by molar-refractivity contribution is -0.143. The van der Waals surface area contributed by atoms with E-state index >= 15 is 0 Å². The van der Waals surface area contributed by atoms with Crippen molar-refractivity contribution in [1.82, 2.24) is 5.32 Å². The second-order valence-corrected chi connectivity index (χ2v) is 3.83. The summed E-state index contributed by atoms with van der Waals surface area (Å²) in [6, 6.07) is 8.05. The van der Waals surface area contributed by atoms with Gasteiger partial charge in [-0.3, -0.25) is 4.79 Å². The van der Waals surface area contributed by atoms with Gasteiger partial charge in [0.2, 0.25) is 5.91 Å². The smallest absolute Gasteiger partial charge is 0.328 e. The third-order valence-corrected chi connectivity index (χ3v) is 2.31. The molecular weight excluding hydrogens is 250 g/mol. The maximum Gasteiger partial charge on any atom is 0.328 e. The van der Waals surface area contributed by atoms with Crippen molar-refractivity contribution in [2.24, 2.45) is 0 Å². The lowest BCUT2D eigenvalue weighted by Gasteiger charge is -2.13. The standard InChI is InChI=1S/C13H17NO5/c1-18-9-11(13(16)17)14-12(15)7-8-19-10-5-3-2-4-6-10/h2-6,11H,7-9H2,1H3,(H,14,15)(H,16,17). The van der Waals surface area contributed by atoms with E-state index < -0.39 is 12.0 Å². The first-order valence-corrected chi connectivity index (χ1v) is 5.82. The van der Waals surface area contributed by atoms with Crippen LogP contribution in [-0.4, -0.2) is 43.3 Å². The molecule has 0 aliphatic carbocycles. The third kappa shape index (κ3) is 5.87. The number of benzene rings is 1. The molecule has 19 heavy (non-hydrogen) atoms. The Hall–Kier alpha value is -2.08. The van der Waals surface area contributed by atoms with E-state index in [1.807, 2.05) is 18.2 Å². The summed E-state index contributed by atoms with van der Waals surface area (Å²) in [5.74, 6) is -0.846. The Bertz CT molecular complexity index is 407. The van der Waals surface area contributed by atoms with Gasteiger partial charge in [-0.1, -0.05) is 18.2 Å². The van der Waals surface area contributed by atoms with Crippen molar-refractivity contribution < 1.29 is 24.2 Å². The molecule has 0 aromatic heterocycles. The van der Waals surface area contributed by atoms with E-state index in [9.17, 15) is 9.59 Å². The highest BCUT2D eigenvalue weighted by Crippen LogP contribution is 2.08. The first-order valence-electron chi connectivity index (χ1n) is 5.82. The largest absolute Gasteiger partial charge is 0.493 e. The fourth-order valence-corrected chi connectivity index (χ4v) is 1.39. The third-order valence-electron chi connectivity index (χ3n) is 2.31. The minimum Gasteiger partial charge on any atom is -0.493 e. The van der Waals surface area contributed by atoms with Crippen LogP contribution in [0.15, 0.2) is 30.3 Å². The second-order valence-electron chi connectivity index (χ2n) is 3.83. The van der Waals surface area contributed by atoms with Gasteiger partial charge >= 0.3 is 5.97 Å². The fourth-order valence-electron chi connectivity index (χ4n) is 1.39. The molecule has 2 N–H and O–H groups in total. The van der Waals surface area contributed by atoms with Crippen molar-refractivity contribution >= 4 is 11.9 Å². The van der Waals surface area contributed by atoms with Crippen LogP contribution in [0.2, 0.25) is 0 Å². The highest BCUT2D eigenvalue weighted by atomic mass is 16.5. The molecule has 1 atom stereocenters. The molecule has 1 rings (SSSR count). The average molecular weight is 267 g/mol. The molecule has 6 nitrogen and oxygen atoms in total. The molecule has 0 bridgehead atoms. The number of carboxylic acid groups (broad SMARTS) is 1. The summed E-state index contributed by atoms with van der Waals surface area (Å²) in [4.78, 5) is 22.3. The first kappa shape index (κ1) is 15.0. The zero-order valence-corrected chi connectivity index (χ0v) is 10.7. The lowest BCUT2D eigenvalue weighted by Crippen LogP contribution is -2.44. The number of carbonyl (C=O) groups is 2. The number of aliphatic carboxylic acids is 1. The molecule has 1 aromatic carbocycles. The maximum absolute atomic E-state index is 11.5. The molecule has 0 spiro atoms. The summed E-state index contributed by atoms with van der Waals surface area (Å²) in [6.07, 6.45) is 0.0857. The van der Waals surface area contributed by atoms with Crippen LogP contribution in [0.5, 0.6) is 5.75 Å². The molecule has 1 aromatic rings. The Morgan fingerprint density at radius 3 is 2.58 bits per heavy atom. The molecule has 0 fully saturated rings. The number of ether oxygens (including phenoxy) is 2. The quantitative estimate of drug-likeness (QED) is 0.723. The van der Waals surface area contributed by atoms with Gasteiger partial charge in [0.15, 0.2) is 6.04 Å². The Morgan fingerprint density at radius 1 is 1.32 bits per heavy atom. The van der Waals surface area contributed by atoms with Gasteiger partial charge in [0, 0.05) is 7.11 Å². The van der Waals surface area contributed by atoms with Crippen molar-refractivity contribution in [3.8, 4) is 5.75 Å². The summed E-state index contributed by atoms with van der Waals surface area (Å²) < 4.78 is 10.1. The Balaban J connectivity index is 2.29. The number of nitrogens with one attached hydrogen (secondary N) is 1. The number of amides is 1. The summed E-state index contributed by atoms with van der Waals surface area (Å²) in [5.41, 5.74) is 0. The Labute approximate surface area is 111 Å². The zero-order valence-electron chi connectivity index (χ0n) is 10.7. The normalized spacial score (nSPS) is 11.6. The molecule has 1 unspecified atom stereocenters. The maximum atomic E-state index is 11.5. The molecule has 0 saturated carbocycles. The fraction of sp³-hybridized carbons (Fsp3) is 0.385. The number of carbonyl (C=O) groups excluding carboxylic acids is 1. The number of hydrogen-bond acceptors (Lipinski definition) is 4. The van der Waals surface area contributed by atoms with Gasteiger partial charge in [0.25, 0.3) is 0 Å². The van der Waals surface area contributed by atoms with Crippen molar-refractivity contribution in [2.75, 3.05) is 20.3 Å². The summed E-state index contributed by atoms with van der Waals surface area (Å²) in [5, 5.41) is 11.2. The lowest BCUT2D eigenvalue weighted by atomic mass is 10.3. The van der Waals surface area contributed by atoms with E-state index in [1.54, 1.807) is 12.1 Å². The minimum atomic E-state index is -1.13. The van der Waals surface area contributed by atoms with Crippen molar-refractivity contribution in [3.63, 3.8) is 0 Å². The van der Waals surface area contributed by atoms with E-state index in [0.29, 0.717) is 5.75 Å². The van der Waals surface area contributed by atoms with Gasteiger partial charge in [0.1, 0.15) is 5.75 Å². The SMILES string of the molecule is COCC(NC(=O)CCOc1ccccc1)C(=O)O.